The Kier molecular flexibility index (Phi) is 5.95. The molecular weight excluding hydrogens is 202 g/mol. The fourth-order valence-electron chi connectivity index (χ4n) is 1.06. The molecule has 2 N–H and O–H groups in total. The summed E-state index contributed by atoms with van der Waals surface area (Å²) in [5.41, 5.74) is 5.55. The summed E-state index contributed by atoms with van der Waals surface area (Å²) >= 11 is 0. The molecule has 1 unspecified atom stereocenters. The van der Waals surface area contributed by atoms with Crippen molar-refractivity contribution in [3.63, 3.8) is 0 Å². The lowest BCUT2D eigenvalue weighted by molar-refractivity contribution is -0.120. The number of nitrogens with two attached hydrogens (primary N) is 1. The van der Waals surface area contributed by atoms with Crippen LogP contribution in [0.3, 0.4) is 0 Å². The molecule has 0 aromatic rings. The van der Waals surface area contributed by atoms with Gasteiger partial charge in [-0.05, 0) is 6.42 Å². The summed E-state index contributed by atoms with van der Waals surface area (Å²) in [6.45, 7) is 3.52. The zero-order valence-corrected chi connectivity index (χ0v) is 9.64. The van der Waals surface area contributed by atoms with Crippen molar-refractivity contribution in [2.75, 3.05) is 11.5 Å². The van der Waals surface area contributed by atoms with Gasteiger partial charge in [-0.2, -0.15) is 0 Å². The molecule has 0 amide bonds. The van der Waals surface area contributed by atoms with Crippen molar-refractivity contribution in [1.82, 2.24) is 0 Å². The monoisotopic (exact) mass is 221 g/mol. The Balaban J connectivity index is 3.97. The number of ketones is 1. The van der Waals surface area contributed by atoms with Gasteiger partial charge < -0.3 is 5.73 Å². The number of sulfone groups is 1. The van der Waals surface area contributed by atoms with E-state index in [-0.39, 0.29) is 23.7 Å². The summed E-state index contributed by atoms with van der Waals surface area (Å²) in [6.07, 6.45) is 1.52. The van der Waals surface area contributed by atoms with Gasteiger partial charge in [0, 0.05) is 12.2 Å². The van der Waals surface area contributed by atoms with Crippen LogP contribution in [-0.4, -0.2) is 31.7 Å². The SMILES string of the molecule is CCCC(N)C(=O)CCS(=O)(=O)CC. The van der Waals surface area contributed by atoms with E-state index in [4.69, 9.17) is 5.73 Å². The highest BCUT2D eigenvalue weighted by Crippen LogP contribution is 2.01. The van der Waals surface area contributed by atoms with Crippen molar-refractivity contribution in [2.24, 2.45) is 5.73 Å². The molecule has 0 fully saturated rings. The van der Waals surface area contributed by atoms with Crippen molar-refractivity contribution >= 4 is 15.6 Å². The van der Waals surface area contributed by atoms with Gasteiger partial charge in [-0.25, -0.2) is 8.42 Å². The van der Waals surface area contributed by atoms with Crippen molar-refractivity contribution in [3.05, 3.63) is 0 Å². The maximum absolute atomic E-state index is 11.3. The zero-order valence-electron chi connectivity index (χ0n) is 8.82. The van der Waals surface area contributed by atoms with Crippen LogP contribution in [0.2, 0.25) is 0 Å². The normalized spacial score (nSPS) is 13.9. The van der Waals surface area contributed by atoms with E-state index < -0.39 is 15.9 Å². The summed E-state index contributed by atoms with van der Waals surface area (Å²) in [6, 6.07) is -0.493. The van der Waals surface area contributed by atoms with E-state index >= 15 is 0 Å². The Bertz CT molecular complexity index is 272. The highest BCUT2D eigenvalue weighted by Gasteiger charge is 2.16. The predicted molar refractivity (Wildman–Crippen MR) is 56.8 cm³/mol. The fraction of sp³-hybridized carbons (Fsp3) is 0.889. The number of Topliss-reactive ketones (excluding diaryl/α,β-unsaturated/α-hetero) is 1. The summed E-state index contributed by atoms with van der Waals surface area (Å²) < 4.78 is 22.2. The van der Waals surface area contributed by atoms with Gasteiger partial charge in [0.05, 0.1) is 11.8 Å². The van der Waals surface area contributed by atoms with Gasteiger partial charge in [-0.3, -0.25) is 4.79 Å². The summed E-state index contributed by atoms with van der Waals surface area (Å²) in [5.74, 6) is -0.132. The van der Waals surface area contributed by atoms with Crippen LogP contribution in [0.1, 0.15) is 33.1 Å². The molecular formula is C9H19NO3S. The van der Waals surface area contributed by atoms with Gasteiger partial charge >= 0.3 is 0 Å². The van der Waals surface area contributed by atoms with Crippen molar-refractivity contribution < 1.29 is 13.2 Å². The third-order valence-corrected chi connectivity index (χ3v) is 3.82. The third kappa shape index (κ3) is 5.34. The molecule has 0 saturated heterocycles. The Morgan fingerprint density at radius 2 is 1.93 bits per heavy atom. The predicted octanol–water partition coefficient (Wildman–Crippen LogP) is 0.508. The van der Waals surface area contributed by atoms with Crippen LogP contribution in [-0.2, 0) is 14.6 Å². The first-order chi connectivity index (χ1) is 6.43. The minimum absolute atomic E-state index is 0.0529. The first-order valence-electron chi connectivity index (χ1n) is 4.91. The Morgan fingerprint density at radius 1 is 1.36 bits per heavy atom. The van der Waals surface area contributed by atoms with E-state index in [1.807, 2.05) is 6.92 Å². The van der Waals surface area contributed by atoms with Crippen molar-refractivity contribution in [2.45, 2.75) is 39.2 Å². The number of rotatable bonds is 7. The van der Waals surface area contributed by atoms with Crippen molar-refractivity contribution in [1.29, 1.82) is 0 Å². The largest absolute Gasteiger partial charge is 0.322 e. The Labute approximate surface area is 85.8 Å². The smallest absolute Gasteiger partial charge is 0.150 e. The van der Waals surface area contributed by atoms with Gasteiger partial charge in [0.15, 0.2) is 5.78 Å². The Hall–Kier alpha value is -0.420. The lowest BCUT2D eigenvalue weighted by atomic mass is 10.1. The maximum Gasteiger partial charge on any atom is 0.150 e. The summed E-state index contributed by atoms with van der Waals surface area (Å²) in [4.78, 5) is 11.3. The molecule has 4 nitrogen and oxygen atoms in total. The lowest BCUT2D eigenvalue weighted by Gasteiger charge is -2.08. The maximum atomic E-state index is 11.3. The highest BCUT2D eigenvalue weighted by atomic mass is 32.2. The molecule has 0 aliphatic rings. The van der Waals surface area contributed by atoms with Crippen LogP contribution in [0.25, 0.3) is 0 Å². The van der Waals surface area contributed by atoms with E-state index in [0.717, 1.165) is 6.42 Å². The molecule has 1 atom stereocenters. The minimum Gasteiger partial charge on any atom is -0.322 e. The highest BCUT2D eigenvalue weighted by molar-refractivity contribution is 7.91. The molecule has 14 heavy (non-hydrogen) atoms. The molecule has 0 aliphatic carbocycles. The molecule has 0 rings (SSSR count). The van der Waals surface area contributed by atoms with Gasteiger partial charge in [0.2, 0.25) is 0 Å². The second-order valence-corrected chi connectivity index (χ2v) is 5.82. The lowest BCUT2D eigenvalue weighted by Crippen LogP contribution is -2.31. The quantitative estimate of drug-likeness (QED) is 0.679. The molecule has 84 valence electrons. The molecule has 0 bridgehead atoms. The number of carbonyl (C=O) groups excluding carboxylic acids is 1. The molecule has 5 heteroatoms. The topological polar surface area (TPSA) is 77.2 Å². The molecule has 0 aromatic heterocycles. The molecule has 0 heterocycles. The molecule has 0 aliphatic heterocycles. The Morgan fingerprint density at radius 3 is 2.36 bits per heavy atom. The van der Waals surface area contributed by atoms with Crippen LogP contribution in [0.4, 0.5) is 0 Å². The summed E-state index contributed by atoms with van der Waals surface area (Å²) in [5, 5.41) is 0. The van der Waals surface area contributed by atoms with Crippen LogP contribution in [0.5, 0.6) is 0 Å². The van der Waals surface area contributed by atoms with Gasteiger partial charge in [0.1, 0.15) is 9.84 Å². The first kappa shape index (κ1) is 13.6. The van der Waals surface area contributed by atoms with Gasteiger partial charge in [0.25, 0.3) is 0 Å². The molecule has 0 aromatic carbocycles. The van der Waals surface area contributed by atoms with Crippen LogP contribution < -0.4 is 5.73 Å². The van der Waals surface area contributed by atoms with E-state index in [0.29, 0.717) is 6.42 Å². The van der Waals surface area contributed by atoms with E-state index in [1.54, 1.807) is 6.92 Å². The standard InChI is InChI=1S/C9H19NO3S/c1-3-5-8(10)9(11)6-7-14(12,13)4-2/h8H,3-7,10H2,1-2H3. The fourth-order valence-corrected chi connectivity index (χ4v) is 1.86. The second-order valence-electron chi connectivity index (χ2n) is 3.35. The van der Waals surface area contributed by atoms with E-state index in [9.17, 15) is 13.2 Å². The van der Waals surface area contributed by atoms with E-state index in [1.165, 1.54) is 0 Å². The van der Waals surface area contributed by atoms with Crippen LogP contribution in [0, 0.1) is 0 Å². The van der Waals surface area contributed by atoms with Crippen molar-refractivity contribution in [3.8, 4) is 0 Å². The number of hydrogen-bond donors (Lipinski definition) is 1. The zero-order chi connectivity index (χ0) is 11.2. The van der Waals surface area contributed by atoms with Gasteiger partial charge in [-0.15, -0.1) is 0 Å². The van der Waals surface area contributed by atoms with Crippen LogP contribution in [0.15, 0.2) is 0 Å². The first-order valence-corrected chi connectivity index (χ1v) is 6.73. The number of hydrogen-bond acceptors (Lipinski definition) is 4. The minimum atomic E-state index is -3.04. The number of carbonyl (C=O) groups is 1. The van der Waals surface area contributed by atoms with E-state index in [2.05, 4.69) is 0 Å². The summed E-state index contributed by atoms with van der Waals surface area (Å²) in [7, 11) is -3.04. The van der Waals surface area contributed by atoms with Crippen LogP contribution >= 0.6 is 0 Å². The average molecular weight is 221 g/mol. The molecule has 0 saturated carbocycles. The van der Waals surface area contributed by atoms with Gasteiger partial charge in [-0.1, -0.05) is 20.3 Å². The molecule has 0 radical (unpaired) electrons. The second kappa shape index (κ2) is 6.14. The third-order valence-electron chi connectivity index (χ3n) is 2.11. The molecule has 0 spiro atoms. The average Bonchev–Trinajstić information content (AvgIpc) is 2.15.